The van der Waals surface area contributed by atoms with Gasteiger partial charge in [-0.25, -0.2) is 4.79 Å². The van der Waals surface area contributed by atoms with Crippen molar-refractivity contribution < 1.29 is 14.3 Å². The zero-order valence-electron chi connectivity index (χ0n) is 11.5. The molecule has 0 atom stereocenters. The van der Waals surface area contributed by atoms with Gasteiger partial charge in [0, 0.05) is 18.7 Å². The Bertz CT molecular complexity index is 489. The van der Waals surface area contributed by atoms with Crippen LogP contribution in [0.25, 0.3) is 0 Å². The van der Waals surface area contributed by atoms with Gasteiger partial charge in [-0.2, -0.15) is 5.10 Å². The number of aryl methyl sites for hydroxylation is 1. The number of nitrogens with one attached hydrogen (secondary N) is 1. The molecular formula is C13H19N3O3. The van der Waals surface area contributed by atoms with Gasteiger partial charge in [-0.05, 0) is 33.6 Å². The topological polar surface area (TPSA) is 73.2 Å². The highest BCUT2D eigenvalue weighted by molar-refractivity contribution is 6.01. The van der Waals surface area contributed by atoms with Crippen LogP contribution in [0.5, 0.6) is 0 Å². The zero-order chi connectivity index (χ0) is 14.0. The molecule has 1 saturated carbocycles. The molecule has 6 nitrogen and oxygen atoms in total. The Morgan fingerprint density at radius 1 is 1.53 bits per heavy atom. The molecule has 0 radical (unpaired) electrons. The minimum Gasteiger partial charge on any atom is -0.458 e. The Hall–Kier alpha value is -1.85. The first-order chi connectivity index (χ1) is 9.01. The predicted octanol–water partition coefficient (Wildman–Crippen LogP) is 1.82. The fourth-order valence-electron chi connectivity index (χ4n) is 1.68. The van der Waals surface area contributed by atoms with Gasteiger partial charge in [0.15, 0.2) is 5.69 Å². The molecule has 1 fully saturated rings. The number of aromatic nitrogens is 2. The third kappa shape index (κ3) is 3.33. The molecule has 2 rings (SSSR count). The van der Waals surface area contributed by atoms with E-state index in [2.05, 4.69) is 10.4 Å². The van der Waals surface area contributed by atoms with E-state index < -0.39 is 5.97 Å². The largest absolute Gasteiger partial charge is 0.458 e. The Morgan fingerprint density at radius 2 is 2.21 bits per heavy atom. The molecule has 6 heteroatoms. The molecule has 0 aliphatic heterocycles. The summed E-state index contributed by atoms with van der Waals surface area (Å²) in [6.07, 6.45) is 3.28. The lowest BCUT2D eigenvalue weighted by Gasteiger charge is -2.07. The Balaban J connectivity index is 2.17. The maximum atomic E-state index is 11.9. The summed E-state index contributed by atoms with van der Waals surface area (Å²) in [7, 11) is 0. The van der Waals surface area contributed by atoms with Crippen LogP contribution in [-0.4, -0.2) is 27.8 Å². The van der Waals surface area contributed by atoms with Crippen LogP contribution in [0.3, 0.4) is 0 Å². The van der Waals surface area contributed by atoms with E-state index in [1.807, 2.05) is 6.92 Å². The van der Waals surface area contributed by atoms with Crippen molar-refractivity contribution in [3.8, 4) is 0 Å². The van der Waals surface area contributed by atoms with Crippen molar-refractivity contribution in [1.29, 1.82) is 0 Å². The second-order valence-corrected chi connectivity index (χ2v) is 4.96. The van der Waals surface area contributed by atoms with Crippen molar-refractivity contribution in [3.05, 3.63) is 11.9 Å². The number of anilines is 1. The molecule has 19 heavy (non-hydrogen) atoms. The summed E-state index contributed by atoms with van der Waals surface area (Å²) in [6.45, 7) is 6.09. The number of carbonyl (C=O) groups is 2. The van der Waals surface area contributed by atoms with Gasteiger partial charge in [0.05, 0.1) is 11.8 Å². The van der Waals surface area contributed by atoms with Crippen molar-refractivity contribution in [3.63, 3.8) is 0 Å². The number of hydrogen-bond acceptors (Lipinski definition) is 4. The minimum absolute atomic E-state index is 0.0470. The first-order valence-electron chi connectivity index (χ1n) is 6.60. The third-order valence-corrected chi connectivity index (χ3v) is 2.83. The second-order valence-electron chi connectivity index (χ2n) is 4.96. The quantitative estimate of drug-likeness (QED) is 0.824. The highest BCUT2D eigenvalue weighted by Gasteiger charge is 2.31. The average Bonchev–Trinajstić information content (AvgIpc) is 3.10. The zero-order valence-corrected chi connectivity index (χ0v) is 11.5. The molecule has 1 N–H and O–H groups in total. The molecule has 104 valence electrons. The van der Waals surface area contributed by atoms with Gasteiger partial charge in [0.2, 0.25) is 5.91 Å². The number of amides is 1. The summed E-state index contributed by atoms with van der Waals surface area (Å²) in [4.78, 5) is 23.7. The Kier molecular flexibility index (Phi) is 3.87. The van der Waals surface area contributed by atoms with Gasteiger partial charge in [0.25, 0.3) is 0 Å². The van der Waals surface area contributed by atoms with Crippen LogP contribution in [0.4, 0.5) is 5.69 Å². The molecule has 1 amide bonds. The SMILES string of the molecule is CCn1cc(NC(=O)C2CC2)c(C(=O)OC(C)C)n1. The summed E-state index contributed by atoms with van der Waals surface area (Å²) < 4.78 is 6.74. The molecule has 0 bridgehead atoms. The standard InChI is InChI=1S/C13H19N3O3/c1-4-16-7-10(14-12(17)9-5-6-9)11(15-16)13(18)19-8(2)3/h7-9H,4-6H2,1-3H3,(H,14,17). The van der Waals surface area contributed by atoms with Crippen molar-refractivity contribution in [2.24, 2.45) is 5.92 Å². The van der Waals surface area contributed by atoms with E-state index in [1.54, 1.807) is 24.7 Å². The summed E-state index contributed by atoms with van der Waals surface area (Å²) >= 11 is 0. The van der Waals surface area contributed by atoms with E-state index in [4.69, 9.17) is 4.74 Å². The highest BCUT2D eigenvalue weighted by atomic mass is 16.5. The van der Waals surface area contributed by atoms with Gasteiger partial charge in [-0.1, -0.05) is 0 Å². The summed E-state index contributed by atoms with van der Waals surface area (Å²) in [5, 5.41) is 6.90. The van der Waals surface area contributed by atoms with Crippen molar-refractivity contribution in [2.45, 2.75) is 46.3 Å². The fourth-order valence-corrected chi connectivity index (χ4v) is 1.68. The van der Waals surface area contributed by atoms with Crippen LogP contribution in [-0.2, 0) is 16.1 Å². The minimum atomic E-state index is -0.506. The molecule has 1 aromatic rings. The van der Waals surface area contributed by atoms with Crippen molar-refractivity contribution in [1.82, 2.24) is 9.78 Å². The van der Waals surface area contributed by atoms with E-state index >= 15 is 0 Å². The third-order valence-electron chi connectivity index (χ3n) is 2.83. The molecule has 1 aliphatic carbocycles. The molecule has 1 aliphatic rings. The lowest BCUT2D eigenvalue weighted by molar-refractivity contribution is -0.117. The van der Waals surface area contributed by atoms with Crippen LogP contribution < -0.4 is 5.32 Å². The van der Waals surface area contributed by atoms with Gasteiger partial charge in [-0.3, -0.25) is 9.48 Å². The molecule has 0 spiro atoms. The number of rotatable bonds is 5. The van der Waals surface area contributed by atoms with Crippen LogP contribution in [0, 0.1) is 5.92 Å². The number of nitrogens with zero attached hydrogens (tertiary/aromatic N) is 2. The fraction of sp³-hybridized carbons (Fsp3) is 0.615. The maximum absolute atomic E-state index is 11.9. The Labute approximate surface area is 112 Å². The number of ether oxygens (including phenoxy) is 1. The first-order valence-corrected chi connectivity index (χ1v) is 6.60. The molecule has 0 aromatic carbocycles. The molecule has 1 aromatic heterocycles. The number of hydrogen-bond donors (Lipinski definition) is 1. The number of carbonyl (C=O) groups excluding carboxylic acids is 2. The van der Waals surface area contributed by atoms with Gasteiger partial charge < -0.3 is 10.1 Å². The molecular weight excluding hydrogens is 246 g/mol. The first kappa shape index (κ1) is 13.6. The van der Waals surface area contributed by atoms with Gasteiger partial charge >= 0.3 is 5.97 Å². The van der Waals surface area contributed by atoms with E-state index in [0.29, 0.717) is 12.2 Å². The van der Waals surface area contributed by atoms with E-state index in [1.165, 1.54) is 0 Å². The lowest BCUT2D eigenvalue weighted by Crippen LogP contribution is -2.18. The van der Waals surface area contributed by atoms with Gasteiger partial charge in [-0.15, -0.1) is 0 Å². The number of esters is 1. The molecule has 1 heterocycles. The molecule has 0 unspecified atom stereocenters. The van der Waals surface area contributed by atoms with E-state index in [9.17, 15) is 9.59 Å². The van der Waals surface area contributed by atoms with Gasteiger partial charge in [0.1, 0.15) is 0 Å². The van der Waals surface area contributed by atoms with Crippen LogP contribution in [0.1, 0.15) is 44.1 Å². The Morgan fingerprint density at radius 3 is 2.74 bits per heavy atom. The summed E-state index contributed by atoms with van der Waals surface area (Å²) in [5.74, 6) is -0.471. The highest BCUT2D eigenvalue weighted by Crippen LogP contribution is 2.30. The van der Waals surface area contributed by atoms with Crippen LogP contribution >= 0.6 is 0 Å². The second kappa shape index (κ2) is 5.42. The van der Waals surface area contributed by atoms with Crippen LogP contribution in [0.2, 0.25) is 0 Å². The maximum Gasteiger partial charge on any atom is 0.361 e. The van der Waals surface area contributed by atoms with Crippen LogP contribution in [0.15, 0.2) is 6.20 Å². The van der Waals surface area contributed by atoms with E-state index in [0.717, 1.165) is 12.8 Å². The van der Waals surface area contributed by atoms with E-state index in [-0.39, 0.29) is 23.6 Å². The monoisotopic (exact) mass is 265 g/mol. The molecule has 0 saturated heterocycles. The average molecular weight is 265 g/mol. The smallest absolute Gasteiger partial charge is 0.361 e. The van der Waals surface area contributed by atoms with Crippen molar-refractivity contribution >= 4 is 17.6 Å². The van der Waals surface area contributed by atoms with Crippen molar-refractivity contribution in [2.75, 3.05) is 5.32 Å². The summed E-state index contributed by atoms with van der Waals surface area (Å²) in [5.41, 5.74) is 0.606. The normalized spacial score (nSPS) is 14.5. The summed E-state index contributed by atoms with van der Waals surface area (Å²) in [6, 6.07) is 0. The predicted molar refractivity (Wildman–Crippen MR) is 69.8 cm³/mol. The lowest BCUT2D eigenvalue weighted by atomic mass is 10.3.